The summed E-state index contributed by atoms with van der Waals surface area (Å²) in [6.07, 6.45) is 3.96. The molecule has 0 spiro atoms. The van der Waals surface area contributed by atoms with Crippen LogP contribution in [0.5, 0.6) is 0 Å². The summed E-state index contributed by atoms with van der Waals surface area (Å²) in [7, 11) is 3.61. The lowest BCUT2D eigenvalue weighted by atomic mass is 10.0. The van der Waals surface area contributed by atoms with E-state index in [-0.39, 0.29) is 17.9 Å². The molecule has 2 aromatic carbocycles. The van der Waals surface area contributed by atoms with Crippen LogP contribution in [-0.4, -0.2) is 37.7 Å². The Hall–Kier alpha value is -1.89. The molecule has 0 radical (unpaired) electrons. The fourth-order valence-corrected chi connectivity index (χ4v) is 4.30. The maximum absolute atomic E-state index is 13.3. The minimum Gasteiger partial charge on any atom is -0.369 e. The van der Waals surface area contributed by atoms with E-state index in [0.29, 0.717) is 16.9 Å². The van der Waals surface area contributed by atoms with Gasteiger partial charge in [0.1, 0.15) is 6.29 Å². The van der Waals surface area contributed by atoms with Crippen LogP contribution in [-0.2, 0) is 16.1 Å². The van der Waals surface area contributed by atoms with Gasteiger partial charge in [-0.05, 0) is 43.7 Å². The Morgan fingerprint density at radius 3 is 2.43 bits per heavy atom. The van der Waals surface area contributed by atoms with Gasteiger partial charge in [0.15, 0.2) is 0 Å². The van der Waals surface area contributed by atoms with E-state index in [1.807, 2.05) is 41.3 Å². The zero-order valence-corrected chi connectivity index (χ0v) is 19.8. The van der Waals surface area contributed by atoms with E-state index in [0.717, 1.165) is 42.5 Å². The Balaban J connectivity index is 0.000000481. The highest BCUT2D eigenvalue weighted by atomic mass is 79.9. The number of carbonyl (C=O) groups is 2. The Bertz CT molecular complexity index is 834. The monoisotopic (exact) mass is 493 g/mol. The minimum atomic E-state index is 0.0740. The molecular formula is C23H29BrClN3O2. The van der Waals surface area contributed by atoms with Gasteiger partial charge in [0, 0.05) is 18.1 Å². The van der Waals surface area contributed by atoms with E-state index in [9.17, 15) is 4.79 Å². The maximum atomic E-state index is 13.3. The highest BCUT2D eigenvalue weighted by Crippen LogP contribution is 2.43. The van der Waals surface area contributed by atoms with Crippen molar-refractivity contribution in [2.45, 2.75) is 31.8 Å². The first kappa shape index (κ1) is 24.4. The van der Waals surface area contributed by atoms with Crippen LogP contribution in [0.2, 0.25) is 5.02 Å². The molecule has 1 saturated carbocycles. The molecule has 0 bridgehead atoms. The molecular weight excluding hydrogens is 466 g/mol. The molecule has 2 N–H and O–H groups in total. The van der Waals surface area contributed by atoms with Crippen molar-refractivity contribution < 1.29 is 9.59 Å². The van der Waals surface area contributed by atoms with Crippen LogP contribution in [0.25, 0.3) is 0 Å². The predicted octanol–water partition coefficient (Wildman–Crippen LogP) is 4.65. The Kier molecular flexibility index (Phi) is 9.82. The summed E-state index contributed by atoms with van der Waals surface area (Å²) in [5.41, 5.74) is 7.65. The maximum Gasteiger partial charge on any atom is 0.232 e. The largest absolute Gasteiger partial charge is 0.369 e. The van der Waals surface area contributed by atoms with Crippen LogP contribution in [0.3, 0.4) is 0 Å². The zero-order chi connectivity index (χ0) is 22.1. The molecule has 1 amide bonds. The molecule has 2 atom stereocenters. The smallest absolute Gasteiger partial charge is 0.232 e. The predicted molar refractivity (Wildman–Crippen MR) is 129 cm³/mol. The van der Waals surface area contributed by atoms with Gasteiger partial charge >= 0.3 is 0 Å². The summed E-state index contributed by atoms with van der Waals surface area (Å²) >= 11 is 9.14. The fraction of sp³-hybridized carbons (Fsp3) is 0.391. The third kappa shape index (κ3) is 5.62. The van der Waals surface area contributed by atoms with Gasteiger partial charge in [-0.1, -0.05) is 64.3 Å². The SMILES string of the molecule is CN.CN1c2ccc(Cl)cc2N(Cc2ccccc2)C(=O)C2CCCC21.O=CCBr. The van der Waals surface area contributed by atoms with Gasteiger partial charge in [0.25, 0.3) is 0 Å². The number of hydrogen-bond acceptors (Lipinski definition) is 4. The van der Waals surface area contributed by atoms with E-state index in [4.69, 9.17) is 16.4 Å². The fourth-order valence-electron chi connectivity index (χ4n) is 4.13. The Morgan fingerprint density at radius 1 is 1.13 bits per heavy atom. The first-order valence-electron chi connectivity index (χ1n) is 10.0. The number of hydrogen-bond donors (Lipinski definition) is 1. The molecule has 0 aromatic heterocycles. The van der Waals surface area contributed by atoms with Crippen molar-refractivity contribution in [3.05, 3.63) is 59.1 Å². The highest BCUT2D eigenvalue weighted by molar-refractivity contribution is 9.09. The molecule has 162 valence electrons. The van der Waals surface area contributed by atoms with Gasteiger partial charge in [-0.3, -0.25) is 4.79 Å². The van der Waals surface area contributed by atoms with Crippen LogP contribution in [0.4, 0.5) is 11.4 Å². The lowest BCUT2D eigenvalue weighted by molar-refractivity contribution is -0.122. The van der Waals surface area contributed by atoms with Gasteiger partial charge in [-0.15, -0.1) is 0 Å². The number of amides is 1. The molecule has 2 aromatic rings. The number of nitrogens with two attached hydrogens (primary N) is 1. The number of rotatable bonds is 3. The number of halogens is 2. The van der Waals surface area contributed by atoms with Crippen molar-refractivity contribution in [1.29, 1.82) is 0 Å². The average molecular weight is 495 g/mol. The number of benzene rings is 2. The first-order chi connectivity index (χ1) is 14.6. The van der Waals surface area contributed by atoms with Crippen molar-refractivity contribution >= 4 is 51.1 Å². The molecule has 30 heavy (non-hydrogen) atoms. The van der Waals surface area contributed by atoms with Crippen molar-refractivity contribution in [1.82, 2.24) is 0 Å². The van der Waals surface area contributed by atoms with Crippen molar-refractivity contribution in [2.24, 2.45) is 11.7 Å². The number of nitrogens with zero attached hydrogens (tertiary/aromatic N) is 2. The van der Waals surface area contributed by atoms with E-state index in [1.165, 1.54) is 7.05 Å². The second-order valence-corrected chi connectivity index (χ2v) is 8.16. The summed E-state index contributed by atoms with van der Waals surface area (Å²) in [6.45, 7) is 0.587. The van der Waals surface area contributed by atoms with Crippen LogP contribution in [0, 0.1) is 5.92 Å². The minimum absolute atomic E-state index is 0.0740. The summed E-state index contributed by atoms with van der Waals surface area (Å²) in [4.78, 5) is 26.7. The van der Waals surface area contributed by atoms with Crippen LogP contribution < -0.4 is 15.5 Å². The number of carbonyl (C=O) groups excluding carboxylic acids is 2. The van der Waals surface area contributed by atoms with Gasteiger partial charge < -0.3 is 20.3 Å². The second-order valence-electron chi connectivity index (χ2n) is 7.08. The van der Waals surface area contributed by atoms with E-state index in [1.54, 1.807) is 0 Å². The quantitative estimate of drug-likeness (QED) is 0.498. The van der Waals surface area contributed by atoms with Gasteiger partial charge in [-0.2, -0.15) is 0 Å². The highest BCUT2D eigenvalue weighted by Gasteiger charge is 2.42. The van der Waals surface area contributed by atoms with Crippen molar-refractivity contribution in [3.63, 3.8) is 0 Å². The summed E-state index contributed by atoms with van der Waals surface area (Å²) < 4.78 is 0. The first-order valence-corrected chi connectivity index (χ1v) is 11.5. The summed E-state index contributed by atoms with van der Waals surface area (Å²) in [5.74, 6) is 0.305. The van der Waals surface area contributed by atoms with E-state index >= 15 is 0 Å². The molecule has 0 saturated heterocycles. The summed E-state index contributed by atoms with van der Waals surface area (Å²) in [5, 5.41) is 1.12. The Morgan fingerprint density at radius 2 is 1.80 bits per heavy atom. The number of anilines is 2. The number of alkyl halides is 1. The van der Waals surface area contributed by atoms with E-state index in [2.05, 4.69) is 45.7 Å². The van der Waals surface area contributed by atoms with Crippen LogP contribution >= 0.6 is 27.5 Å². The molecule has 2 aliphatic rings. The molecule has 2 unspecified atom stereocenters. The number of aldehydes is 1. The van der Waals surface area contributed by atoms with Gasteiger partial charge in [0.2, 0.25) is 5.91 Å². The third-order valence-corrected chi connectivity index (χ3v) is 5.91. The zero-order valence-electron chi connectivity index (χ0n) is 17.4. The molecule has 1 heterocycles. The molecule has 1 aliphatic heterocycles. The molecule has 4 rings (SSSR count). The lowest BCUT2D eigenvalue weighted by Crippen LogP contribution is -2.40. The molecule has 1 fully saturated rings. The summed E-state index contributed by atoms with van der Waals surface area (Å²) in [6, 6.07) is 16.3. The van der Waals surface area contributed by atoms with E-state index < -0.39 is 0 Å². The van der Waals surface area contributed by atoms with Gasteiger partial charge in [0.05, 0.1) is 29.2 Å². The second kappa shape index (κ2) is 12.1. The lowest BCUT2D eigenvalue weighted by Gasteiger charge is -2.28. The number of fused-ring (bicyclic) bond motifs is 2. The molecule has 1 aliphatic carbocycles. The Labute approximate surface area is 192 Å². The van der Waals surface area contributed by atoms with Crippen molar-refractivity contribution in [3.8, 4) is 0 Å². The average Bonchev–Trinajstić information content (AvgIpc) is 3.26. The van der Waals surface area contributed by atoms with Crippen LogP contribution in [0.15, 0.2) is 48.5 Å². The van der Waals surface area contributed by atoms with Crippen molar-refractivity contribution in [2.75, 3.05) is 29.2 Å². The topological polar surface area (TPSA) is 66.6 Å². The standard InChI is InChI=1S/C20H21ClN2O.C2H3BrO.CH5N/c1-22-17-9-5-8-16(17)20(24)23(13-14-6-3-2-4-7-14)19-12-15(21)10-11-18(19)22;3-1-2-4;1-2/h2-4,6-7,10-12,16-17H,5,8-9,13H2,1H3;2H,1H2;2H2,1H3. The normalized spacial score (nSPS) is 19.4. The molecule has 7 heteroatoms. The van der Waals surface area contributed by atoms with Gasteiger partial charge in [-0.25, -0.2) is 0 Å². The molecule has 5 nitrogen and oxygen atoms in total. The van der Waals surface area contributed by atoms with Crippen LogP contribution in [0.1, 0.15) is 24.8 Å². The third-order valence-electron chi connectivity index (χ3n) is 5.41.